The van der Waals surface area contributed by atoms with Gasteiger partial charge in [0.2, 0.25) is 0 Å². The molecule has 1 aromatic rings. The van der Waals surface area contributed by atoms with Crippen LogP contribution >= 0.6 is 0 Å². The number of carbonyl (C=O) groups is 2. The van der Waals surface area contributed by atoms with Crippen molar-refractivity contribution in [3.05, 3.63) is 54.0 Å². The topological polar surface area (TPSA) is 103 Å². The van der Waals surface area contributed by atoms with Crippen LogP contribution in [0.25, 0.3) is 0 Å². The maximum absolute atomic E-state index is 12.7. The first-order valence-electron chi connectivity index (χ1n) is 9.10. The Morgan fingerprint density at radius 2 is 2.13 bits per heavy atom. The van der Waals surface area contributed by atoms with Crippen molar-refractivity contribution in [2.24, 2.45) is 0 Å². The molecule has 1 aromatic heterocycles. The van der Waals surface area contributed by atoms with Crippen LogP contribution in [0.1, 0.15) is 30.0 Å². The molecule has 2 atom stereocenters. The van der Waals surface area contributed by atoms with E-state index in [1.165, 1.54) is 23.4 Å². The Balaban J connectivity index is 2.21. The standard InChI is InChI=1S/C19H20F4N6O2/c1-12-9-28-11-25-16(17(30)26-13(2)19(21,22)23)15(28)10-29(12)18(31)27-14(5-3-7-20)6-4-8-24/h3-7,11-13H,9-10H2,1-2H3,(H,26,30)(H,27,31)/b6-4+,7-3+,14-5+/t12?,13-/m0/s1. The van der Waals surface area contributed by atoms with Crippen LogP contribution in [0.3, 0.4) is 0 Å². The van der Waals surface area contributed by atoms with E-state index in [9.17, 15) is 27.2 Å². The van der Waals surface area contributed by atoms with E-state index < -0.39 is 24.2 Å². The monoisotopic (exact) mass is 440 g/mol. The van der Waals surface area contributed by atoms with Gasteiger partial charge in [0, 0.05) is 24.4 Å². The average molecular weight is 440 g/mol. The normalized spacial score (nSPS) is 18.0. The van der Waals surface area contributed by atoms with Gasteiger partial charge in [-0.3, -0.25) is 4.79 Å². The number of urea groups is 1. The summed E-state index contributed by atoms with van der Waals surface area (Å²) < 4.78 is 52.1. The largest absolute Gasteiger partial charge is 0.408 e. The molecule has 0 saturated carbocycles. The van der Waals surface area contributed by atoms with Gasteiger partial charge in [-0.05, 0) is 32.1 Å². The Kier molecular flexibility index (Phi) is 7.57. The Morgan fingerprint density at radius 1 is 1.42 bits per heavy atom. The molecule has 2 rings (SSSR count). The lowest BCUT2D eigenvalue weighted by Gasteiger charge is -2.34. The molecular weight excluding hydrogens is 420 g/mol. The molecule has 3 amide bonds. The average Bonchev–Trinajstić information content (AvgIpc) is 3.11. The van der Waals surface area contributed by atoms with Crippen molar-refractivity contribution in [3.63, 3.8) is 0 Å². The van der Waals surface area contributed by atoms with Gasteiger partial charge >= 0.3 is 12.2 Å². The Hall–Kier alpha value is -3.62. The van der Waals surface area contributed by atoms with E-state index in [4.69, 9.17) is 5.26 Å². The Bertz CT molecular complexity index is 958. The number of carbonyl (C=O) groups excluding carboxylic acids is 2. The highest BCUT2D eigenvalue weighted by atomic mass is 19.4. The van der Waals surface area contributed by atoms with E-state index in [2.05, 4.69) is 10.3 Å². The maximum atomic E-state index is 12.7. The van der Waals surface area contributed by atoms with Gasteiger partial charge < -0.3 is 20.1 Å². The number of hydrogen-bond acceptors (Lipinski definition) is 4. The highest BCUT2D eigenvalue weighted by Gasteiger charge is 2.38. The molecular formula is C19H20F4N6O2. The zero-order chi connectivity index (χ0) is 23.2. The van der Waals surface area contributed by atoms with Gasteiger partial charge in [-0.2, -0.15) is 18.4 Å². The number of halogens is 4. The molecule has 0 saturated heterocycles. The maximum Gasteiger partial charge on any atom is 0.408 e. The first kappa shape index (κ1) is 23.7. The van der Waals surface area contributed by atoms with E-state index in [0.29, 0.717) is 0 Å². The quantitative estimate of drug-likeness (QED) is 0.417. The zero-order valence-corrected chi connectivity index (χ0v) is 16.7. The van der Waals surface area contributed by atoms with E-state index in [1.54, 1.807) is 17.6 Å². The van der Waals surface area contributed by atoms with Crippen LogP contribution in [0.2, 0.25) is 0 Å². The molecule has 1 unspecified atom stereocenters. The SMILES string of the molecule is CC1Cn2cnc(C(=O)N[C@@H](C)C(F)(F)F)c2CN1C(=O)NC(/C=C/C#N)=C/C=C/F. The number of alkyl halides is 3. The molecule has 8 nitrogen and oxygen atoms in total. The highest BCUT2D eigenvalue weighted by Crippen LogP contribution is 2.23. The molecule has 0 bridgehead atoms. The van der Waals surface area contributed by atoms with Crippen LogP contribution in [0.15, 0.2) is 42.7 Å². The molecule has 2 N–H and O–H groups in total. The molecule has 0 aromatic carbocycles. The minimum Gasteiger partial charge on any atom is -0.339 e. The first-order valence-corrected chi connectivity index (χ1v) is 9.10. The van der Waals surface area contributed by atoms with Gasteiger partial charge in [-0.25, -0.2) is 14.2 Å². The minimum atomic E-state index is -4.61. The van der Waals surface area contributed by atoms with Crippen LogP contribution in [-0.4, -0.2) is 44.6 Å². The molecule has 12 heteroatoms. The Labute approximate surface area is 175 Å². The number of imidazole rings is 1. The second kappa shape index (κ2) is 9.92. The summed E-state index contributed by atoms with van der Waals surface area (Å²) in [5, 5.41) is 13.0. The summed E-state index contributed by atoms with van der Waals surface area (Å²) in [4.78, 5) is 30.3. The summed E-state index contributed by atoms with van der Waals surface area (Å²) in [5.74, 6) is -1.00. The van der Waals surface area contributed by atoms with Crippen molar-refractivity contribution in [1.29, 1.82) is 5.26 Å². The number of hydrogen-bond donors (Lipinski definition) is 2. The Morgan fingerprint density at radius 3 is 2.74 bits per heavy atom. The molecule has 166 valence electrons. The minimum absolute atomic E-state index is 0.0929. The second-order valence-electron chi connectivity index (χ2n) is 6.74. The molecule has 0 aliphatic carbocycles. The van der Waals surface area contributed by atoms with E-state index >= 15 is 0 Å². The number of allylic oxidation sites excluding steroid dienone is 4. The van der Waals surface area contributed by atoms with Crippen molar-refractivity contribution >= 4 is 11.9 Å². The van der Waals surface area contributed by atoms with Crippen molar-refractivity contribution < 1.29 is 27.2 Å². The number of nitriles is 1. The van der Waals surface area contributed by atoms with Crippen LogP contribution in [0.5, 0.6) is 0 Å². The van der Waals surface area contributed by atoms with E-state index in [0.717, 1.165) is 19.1 Å². The van der Waals surface area contributed by atoms with Crippen LogP contribution in [0, 0.1) is 11.3 Å². The summed E-state index contributed by atoms with van der Waals surface area (Å²) in [5.41, 5.74) is 0.215. The summed E-state index contributed by atoms with van der Waals surface area (Å²) in [6.45, 7) is 2.72. The van der Waals surface area contributed by atoms with Gasteiger partial charge in [0.15, 0.2) is 5.69 Å². The first-order chi connectivity index (χ1) is 14.6. The molecule has 2 heterocycles. The van der Waals surface area contributed by atoms with Crippen molar-refractivity contribution in [2.45, 2.75) is 45.2 Å². The number of nitrogens with zero attached hydrogens (tertiary/aromatic N) is 4. The summed E-state index contributed by atoms with van der Waals surface area (Å²) in [6, 6.07) is -1.26. The van der Waals surface area contributed by atoms with E-state index in [-0.39, 0.29) is 42.5 Å². The third kappa shape index (κ3) is 5.94. The van der Waals surface area contributed by atoms with Gasteiger partial charge in [0.1, 0.15) is 6.04 Å². The van der Waals surface area contributed by atoms with Crippen LogP contribution in [0.4, 0.5) is 22.4 Å². The van der Waals surface area contributed by atoms with Crippen LogP contribution in [-0.2, 0) is 13.1 Å². The lowest BCUT2D eigenvalue weighted by molar-refractivity contribution is -0.149. The fourth-order valence-corrected chi connectivity index (χ4v) is 2.84. The van der Waals surface area contributed by atoms with Crippen LogP contribution < -0.4 is 10.6 Å². The lowest BCUT2D eigenvalue weighted by atomic mass is 10.1. The molecule has 1 aliphatic heterocycles. The summed E-state index contributed by atoms with van der Waals surface area (Å²) in [6.07, 6.45) is 1.61. The number of nitrogens with one attached hydrogen (secondary N) is 2. The number of aromatic nitrogens is 2. The molecule has 0 radical (unpaired) electrons. The van der Waals surface area contributed by atoms with Gasteiger partial charge in [-0.1, -0.05) is 0 Å². The van der Waals surface area contributed by atoms with Gasteiger partial charge in [-0.15, -0.1) is 0 Å². The predicted molar refractivity (Wildman–Crippen MR) is 102 cm³/mol. The second-order valence-corrected chi connectivity index (χ2v) is 6.74. The predicted octanol–water partition coefficient (Wildman–Crippen LogP) is 2.92. The molecule has 0 spiro atoms. The highest BCUT2D eigenvalue weighted by molar-refractivity contribution is 5.94. The smallest absolute Gasteiger partial charge is 0.339 e. The lowest BCUT2D eigenvalue weighted by Crippen LogP contribution is -2.49. The summed E-state index contributed by atoms with van der Waals surface area (Å²) in [7, 11) is 0. The van der Waals surface area contributed by atoms with Gasteiger partial charge in [0.05, 0.1) is 31.0 Å². The van der Waals surface area contributed by atoms with Crippen molar-refractivity contribution in [3.8, 4) is 6.07 Å². The number of rotatable bonds is 5. The fraction of sp³-hybridized carbons (Fsp3) is 0.368. The van der Waals surface area contributed by atoms with E-state index in [1.807, 2.05) is 5.32 Å². The molecule has 0 fully saturated rings. The zero-order valence-electron chi connectivity index (χ0n) is 16.7. The third-order valence-corrected chi connectivity index (χ3v) is 4.51. The number of amides is 3. The third-order valence-electron chi connectivity index (χ3n) is 4.51. The van der Waals surface area contributed by atoms with Crippen molar-refractivity contribution in [1.82, 2.24) is 25.1 Å². The fourth-order valence-electron chi connectivity index (χ4n) is 2.84. The molecule has 1 aliphatic rings. The van der Waals surface area contributed by atoms with Gasteiger partial charge in [0.25, 0.3) is 5.91 Å². The summed E-state index contributed by atoms with van der Waals surface area (Å²) >= 11 is 0. The molecule has 31 heavy (non-hydrogen) atoms. The van der Waals surface area contributed by atoms with Crippen molar-refractivity contribution in [2.75, 3.05) is 0 Å². The number of fused-ring (bicyclic) bond motifs is 1.